The van der Waals surface area contributed by atoms with Crippen molar-refractivity contribution in [2.45, 2.75) is 13.0 Å². The number of rotatable bonds is 7. The van der Waals surface area contributed by atoms with Gasteiger partial charge in [-0.3, -0.25) is 14.8 Å². The summed E-state index contributed by atoms with van der Waals surface area (Å²) >= 11 is 0. The molecule has 0 saturated heterocycles. The van der Waals surface area contributed by atoms with E-state index in [0.717, 1.165) is 24.3 Å². The van der Waals surface area contributed by atoms with E-state index in [2.05, 4.69) is 25.2 Å². The van der Waals surface area contributed by atoms with Gasteiger partial charge in [-0.15, -0.1) is 0 Å². The van der Waals surface area contributed by atoms with Gasteiger partial charge in [-0.1, -0.05) is 0 Å². The molecule has 0 aliphatic heterocycles. The number of nitrogens with one attached hydrogen (secondary N) is 1. The molecule has 0 aliphatic rings. The first-order valence-corrected chi connectivity index (χ1v) is 8.45. The summed E-state index contributed by atoms with van der Waals surface area (Å²) in [5.74, 6) is 0.699. The lowest BCUT2D eigenvalue weighted by Gasteiger charge is -2.18. The second-order valence-corrected chi connectivity index (χ2v) is 5.97. The van der Waals surface area contributed by atoms with E-state index in [0.29, 0.717) is 12.1 Å². The van der Waals surface area contributed by atoms with Gasteiger partial charge in [0.05, 0.1) is 5.56 Å². The molecule has 1 N–H and O–H groups in total. The number of likely N-dealkylation sites (N-methyl/N-ethyl adjacent to an activating group) is 1. The molecule has 3 aromatic rings. The van der Waals surface area contributed by atoms with Crippen LogP contribution in [-0.4, -0.2) is 34.5 Å². The van der Waals surface area contributed by atoms with Crippen LogP contribution in [0.2, 0.25) is 0 Å². The number of hydrogen-bond acceptors (Lipinski definition) is 5. The third-order valence-corrected chi connectivity index (χ3v) is 4.09. The zero-order valence-electron chi connectivity index (χ0n) is 14.7. The van der Waals surface area contributed by atoms with Gasteiger partial charge >= 0.3 is 0 Å². The maximum absolute atomic E-state index is 12.2. The van der Waals surface area contributed by atoms with Gasteiger partial charge in [0.25, 0.3) is 5.91 Å². The van der Waals surface area contributed by atoms with Gasteiger partial charge in [-0.05, 0) is 53.9 Å². The highest BCUT2D eigenvalue weighted by molar-refractivity contribution is 5.94. The van der Waals surface area contributed by atoms with E-state index in [1.54, 1.807) is 37.1 Å². The maximum Gasteiger partial charge on any atom is 0.253 e. The molecule has 0 fully saturated rings. The average Bonchev–Trinajstić information content (AvgIpc) is 2.72. The minimum Gasteiger partial charge on any atom is -0.359 e. The summed E-state index contributed by atoms with van der Waals surface area (Å²) in [7, 11) is 1.99. The van der Waals surface area contributed by atoms with Crippen LogP contribution in [0, 0.1) is 0 Å². The molecule has 0 spiro atoms. The highest BCUT2D eigenvalue weighted by atomic mass is 16.1. The first kappa shape index (κ1) is 17.5. The number of nitrogens with zero attached hydrogens (tertiary/aromatic N) is 4. The first-order chi connectivity index (χ1) is 12.7. The summed E-state index contributed by atoms with van der Waals surface area (Å²) in [5, 5.41) is 2.88. The van der Waals surface area contributed by atoms with E-state index in [1.807, 2.05) is 37.4 Å². The summed E-state index contributed by atoms with van der Waals surface area (Å²) in [6.45, 7) is 1.31. The van der Waals surface area contributed by atoms with Gasteiger partial charge in [0.2, 0.25) is 0 Å². The smallest absolute Gasteiger partial charge is 0.253 e. The number of amides is 1. The third-order valence-electron chi connectivity index (χ3n) is 4.09. The van der Waals surface area contributed by atoms with Crippen LogP contribution in [0.15, 0.2) is 67.4 Å². The van der Waals surface area contributed by atoms with Gasteiger partial charge in [0.1, 0.15) is 5.82 Å². The van der Waals surface area contributed by atoms with Gasteiger partial charge in [-0.2, -0.15) is 0 Å². The first-order valence-electron chi connectivity index (χ1n) is 8.45. The number of anilines is 1. The topological polar surface area (TPSA) is 71.0 Å². The monoisotopic (exact) mass is 347 g/mol. The molecule has 26 heavy (non-hydrogen) atoms. The van der Waals surface area contributed by atoms with E-state index >= 15 is 0 Å². The minimum atomic E-state index is -0.139. The quantitative estimate of drug-likeness (QED) is 0.711. The Kier molecular flexibility index (Phi) is 5.88. The van der Waals surface area contributed by atoms with Crippen molar-refractivity contribution in [1.82, 2.24) is 20.3 Å². The highest BCUT2D eigenvalue weighted by Gasteiger charge is 2.08. The Labute approximate surface area is 153 Å². The third kappa shape index (κ3) is 4.86. The Bertz CT molecular complexity index is 822. The molecule has 3 heterocycles. The standard InChI is InChI=1S/C20H21N5O/c1-25(13-8-16-4-9-21-10-5-16)19-3-2-18(15-23-19)20(26)24-14-17-6-11-22-12-7-17/h2-7,9-12,15H,8,13-14H2,1H3,(H,24,26). The van der Waals surface area contributed by atoms with Crippen molar-refractivity contribution in [3.05, 3.63) is 84.1 Å². The second kappa shape index (κ2) is 8.71. The summed E-state index contributed by atoms with van der Waals surface area (Å²) < 4.78 is 0. The largest absolute Gasteiger partial charge is 0.359 e. The molecule has 3 rings (SSSR count). The van der Waals surface area contributed by atoms with Crippen molar-refractivity contribution < 1.29 is 4.79 Å². The maximum atomic E-state index is 12.2. The number of pyridine rings is 3. The fourth-order valence-electron chi connectivity index (χ4n) is 2.49. The van der Waals surface area contributed by atoms with Crippen molar-refractivity contribution in [3.63, 3.8) is 0 Å². The molecule has 0 aliphatic carbocycles. The Hall–Kier alpha value is -3.28. The molecule has 0 bridgehead atoms. The van der Waals surface area contributed by atoms with Gasteiger partial charge in [0, 0.05) is 51.1 Å². The van der Waals surface area contributed by atoms with Crippen molar-refractivity contribution in [3.8, 4) is 0 Å². The molecule has 6 heteroatoms. The molecule has 3 aromatic heterocycles. The average molecular weight is 347 g/mol. The van der Waals surface area contributed by atoms with Crippen LogP contribution in [-0.2, 0) is 13.0 Å². The fourth-order valence-corrected chi connectivity index (χ4v) is 2.49. The summed E-state index contributed by atoms with van der Waals surface area (Å²) in [6, 6.07) is 11.4. The normalized spacial score (nSPS) is 10.3. The molecule has 0 aromatic carbocycles. The molecule has 0 atom stereocenters. The number of carbonyl (C=O) groups excluding carboxylic acids is 1. The van der Waals surface area contributed by atoms with Crippen LogP contribution >= 0.6 is 0 Å². The summed E-state index contributed by atoms with van der Waals surface area (Å²) in [5.41, 5.74) is 2.79. The van der Waals surface area contributed by atoms with Crippen LogP contribution in [0.5, 0.6) is 0 Å². The number of carbonyl (C=O) groups is 1. The Morgan fingerprint density at radius 2 is 1.62 bits per heavy atom. The SMILES string of the molecule is CN(CCc1ccncc1)c1ccc(C(=O)NCc2ccncc2)cn1. The van der Waals surface area contributed by atoms with Crippen molar-refractivity contribution in [2.24, 2.45) is 0 Å². The number of hydrogen-bond donors (Lipinski definition) is 1. The molecule has 132 valence electrons. The minimum absolute atomic E-state index is 0.139. The van der Waals surface area contributed by atoms with Crippen LogP contribution in [0.1, 0.15) is 21.5 Å². The molecule has 1 amide bonds. The van der Waals surface area contributed by atoms with Gasteiger partial charge in [0.15, 0.2) is 0 Å². The predicted octanol–water partition coefficient (Wildman–Crippen LogP) is 2.48. The van der Waals surface area contributed by atoms with Crippen molar-refractivity contribution >= 4 is 11.7 Å². The summed E-state index contributed by atoms with van der Waals surface area (Å²) in [6.07, 6.45) is 9.54. The zero-order chi connectivity index (χ0) is 18.2. The lowest BCUT2D eigenvalue weighted by molar-refractivity contribution is 0.0950. The van der Waals surface area contributed by atoms with Crippen molar-refractivity contribution in [2.75, 3.05) is 18.5 Å². The lowest BCUT2D eigenvalue weighted by Crippen LogP contribution is -2.24. The molecule has 0 radical (unpaired) electrons. The molecule has 6 nitrogen and oxygen atoms in total. The molecular formula is C20H21N5O. The summed E-state index contributed by atoms with van der Waals surface area (Å²) in [4.78, 5) is 26.7. The van der Waals surface area contributed by atoms with Crippen LogP contribution in [0.4, 0.5) is 5.82 Å². The van der Waals surface area contributed by atoms with E-state index in [-0.39, 0.29) is 5.91 Å². The lowest BCUT2D eigenvalue weighted by atomic mass is 10.2. The van der Waals surface area contributed by atoms with Gasteiger partial charge < -0.3 is 10.2 Å². The Morgan fingerprint density at radius 1 is 0.962 bits per heavy atom. The van der Waals surface area contributed by atoms with Crippen molar-refractivity contribution in [1.29, 1.82) is 0 Å². The zero-order valence-corrected chi connectivity index (χ0v) is 14.7. The van der Waals surface area contributed by atoms with Crippen LogP contribution in [0.25, 0.3) is 0 Å². The molecule has 0 saturated carbocycles. The number of aromatic nitrogens is 3. The van der Waals surface area contributed by atoms with Crippen LogP contribution < -0.4 is 10.2 Å². The van der Waals surface area contributed by atoms with Gasteiger partial charge in [-0.25, -0.2) is 4.98 Å². The predicted molar refractivity (Wildman–Crippen MR) is 101 cm³/mol. The Morgan fingerprint density at radius 3 is 2.23 bits per heavy atom. The highest BCUT2D eigenvalue weighted by Crippen LogP contribution is 2.11. The van der Waals surface area contributed by atoms with E-state index in [9.17, 15) is 4.79 Å². The fraction of sp³-hybridized carbons (Fsp3) is 0.200. The molecule has 0 unspecified atom stereocenters. The Balaban J connectivity index is 1.53. The molecular weight excluding hydrogens is 326 g/mol. The second-order valence-electron chi connectivity index (χ2n) is 5.97. The van der Waals surface area contributed by atoms with Crippen LogP contribution in [0.3, 0.4) is 0 Å². The van der Waals surface area contributed by atoms with E-state index in [1.165, 1.54) is 5.56 Å². The van der Waals surface area contributed by atoms with E-state index in [4.69, 9.17) is 0 Å². The van der Waals surface area contributed by atoms with E-state index < -0.39 is 0 Å².